The second-order valence-electron chi connectivity index (χ2n) is 6.65. The van der Waals surface area contributed by atoms with E-state index in [2.05, 4.69) is 9.97 Å². The fourth-order valence-corrected chi connectivity index (χ4v) is 4.17. The number of anilines is 1. The summed E-state index contributed by atoms with van der Waals surface area (Å²) in [6.45, 7) is 1.67. The standard InChI is InChI=1S/C22H16ClF2N3O2S/c1-12-20(31-11-26-12)22(29)28(14-6-3-5-13(23)9-14)21(25)16-10-18(30-2)27-19-15(16)7-4-8-17(19)24/h3-11,21H,1-2H3. The molecule has 1 amide bonds. The predicted molar refractivity (Wildman–Crippen MR) is 117 cm³/mol. The van der Waals surface area contributed by atoms with Crippen molar-refractivity contribution in [3.05, 3.63) is 81.0 Å². The minimum Gasteiger partial charge on any atom is -0.481 e. The topological polar surface area (TPSA) is 55.3 Å². The van der Waals surface area contributed by atoms with Crippen LogP contribution in [0.1, 0.15) is 27.2 Å². The third kappa shape index (κ3) is 3.96. The van der Waals surface area contributed by atoms with Gasteiger partial charge in [0.05, 0.1) is 18.3 Å². The van der Waals surface area contributed by atoms with Crippen LogP contribution < -0.4 is 9.64 Å². The van der Waals surface area contributed by atoms with Crippen LogP contribution in [0.4, 0.5) is 14.5 Å². The van der Waals surface area contributed by atoms with E-state index in [4.69, 9.17) is 16.3 Å². The van der Waals surface area contributed by atoms with E-state index in [0.717, 1.165) is 16.2 Å². The van der Waals surface area contributed by atoms with Crippen LogP contribution in [0.3, 0.4) is 0 Å². The van der Waals surface area contributed by atoms with Crippen LogP contribution in [0.5, 0.6) is 5.88 Å². The Morgan fingerprint density at radius 1 is 1.23 bits per heavy atom. The number of benzene rings is 2. The number of rotatable bonds is 5. The molecule has 1 atom stereocenters. The van der Waals surface area contributed by atoms with E-state index >= 15 is 4.39 Å². The number of hydrogen-bond acceptors (Lipinski definition) is 5. The van der Waals surface area contributed by atoms with Gasteiger partial charge in [-0.1, -0.05) is 29.8 Å². The molecule has 0 fully saturated rings. The summed E-state index contributed by atoms with van der Waals surface area (Å²) in [6, 6.07) is 11.9. The van der Waals surface area contributed by atoms with Gasteiger partial charge in [0, 0.05) is 27.7 Å². The molecule has 31 heavy (non-hydrogen) atoms. The highest BCUT2D eigenvalue weighted by Gasteiger charge is 2.32. The first-order valence-corrected chi connectivity index (χ1v) is 10.4. The summed E-state index contributed by atoms with van der Waals surface area (Å²) < 4.78 is 35.8. The second kappa shape index (κ2) is 8.56. The van der Waals surface area contributed by atoms with Gasteiger partial charge in [-0.3, -0.25) is 9.69 Å². The van der Waals surface area contributed by atoms with Crippen LogP contribution in [0.2, 0.25) is 5.02 Å². The van der Waals surface area contributed by atoms with E-state index in [0.29, 0.717) is 15.6 Å². The van der Waals surface area contributed by atoms with Crippen molar-refractivity contribution >= 4 is 45.4 Å². The number of methoxy groups -OCH3 is 1. The van der Waals surface area contributed by atoms with Gasteiger partial charge in [-0.15, -0.1) is 11.3 Å². The maximum Gasteiger partial charge on any atom is 0.272 e. The average Bonchev–Trinajstić information content (AvgIpc) is 3.19. The maximum absolute atomic E-state index is 16.2. The van der Waals surface area contributed by atoms with E-state index in [1.54, 1.807) is 31.2 Å². The van der Waals surface area contributed by atoms with Gasteiger partial charge in [0.25, 0.3) is 5.91 Å². The van der Waals surface area contributed by atoms with Crippen LogP contribution in [-0.2, 0) is 0 Å². The fourth-order valence-electron chi connectivity index (χ4n) is 3.25. The molecule has 4 rings (SSSR count). The molecule has 0 bridgehead atoms. The number of alkyl halides is 1. The Morgan fingerprint density at radius 3 is 2.68 bits per heavy atom. The lowest BCUT2D eigenvalue weighted by Gasteiger charge is -2.27. The molecule has 2 heterocycles. The summed E-state index contributed by atoms with van der Waals surface area (Å²) in [7, 11) is 1.35. The van der Waals surface area contributed by atoms with E-state index in [9.17, 15) is 9.18 Å². The SMILES string of the molecule is COc1cc(C(F)N(C(=O)c2scnc2C)c2cccc(Cl)c2)c2cccc(F)c2n1. The highest BCUT2D eigenvalue weighted by atomic mass is 35.5. The van der Waals surface area contributed by atoms with E-state index in [1.165, 1.54) is 36.9 Å². The van der Waals surface area contributed by atoms with Crippen molar-refractivity contribution in [2.24, 2.45) is 0 Å². The molecule has 9 heteroatoms. The number of carbonyl (C=O) groups is 1. The Labute approximate surface area is 185 Å². The zero-order chi connectivity index (χ0) is 22.1. The van der Waals surface area contributed by atoms with Crippen LogP contribution in [0, 0.1) is 12.7 Å². The van der Waals surface area contributed by atoms with Gasteiger partial charge in [0.2, 0.25) is 12.2 Å². The van der Waals surface area contributed by atoms with Crippen LogP contribution >= 0.6 is 22.9 Å². The molecular formula is C22H16ClF2N3O2S. The number of thiazole rings is 1. The molecule has 0 radical (unpaired) electrons. The number of ether oxygens (including phenoxy) is 1. The summed E-state index contributed by atoms with van der Waals surface area (Å²) in [4.78, 5) is 22.9. The first kappa shape index (κ1) is 21.1. The molecule has 0 aliphatic heterocycles. The zero-order valence-corrected chi connectivity index (χ0v) is 18.0. The summed E-state index contributed by atoms with van der Waals surface area (Å²) in [5.41, 5.74) is 2.24. The van der Waals surface area contributed by atoms with Crippen molar-refractivity contribution in [1.82, 2.24) is 9.97 Å². The Bertz CT molecular complexity index is 1280. The summed E-state index contributed by atoms with van der Waals surface area (Å²) in [5.74, 6) is -1.18. The number of carbonyl (C=O) groups excluding carboxylic acids is 1. The number of nitrogens with zero attached hydrogens (tertiary/aromatic N) is 3. The van der Waals surface area contributed by atoms with Crippen LogP contribution in [0.15, 0.2) is 54.0 Å². The molecule has 2 aromatic heterocycles. The van der Waals surface area contributed by atoms with Crippen LogP contribution in [-0.4, -0.2) is 23.0 Å². The number of para-hydroxylation sites is 1. The number of hydrogen-bond donors (Lipinski definition) is 0. The van der Waals surface area contributed by atoms with Crippen molar-refractivity contribution in [2.75, 3.05) is 12.0 Å². The molecule has 1 unspecified atom stereocenters. The Morgan fingerprint density at radius 2 is 2.00 bits per heavy atom. The largest absolute Gasteiger partial charge is 0.481 e. The monoisotopic (exact) mass is 459 g/mol. The normalized spacial score (nSPS) is 12.0. The van der Waals surface area contributed by atoms with Crippen molar-refractivity contribution in [3.63, 3.8) is 0 Å². The van der Waals surface area contributed by atoms with Gasteiger partial charge < -0.3 is 4.74 Å². The smallest absolute Gasteiger partial charge is 0.272 e. The lowest BCUT2D eigenvalue weighted by atomic mass is 10.1. The Balaban J connectivity index is 1.93. The zero-order valence-electron chi connectivity index (χ0n) is 16.5. The Hall–Kier alpha value is -3.10. The van der Waals surface area contributed by atoms with Gasteiger partial charge in [-0.2, -0.15) is 0 Å². The molecule has 2 aromatic carbocycles. The number of aryl methyl sites for hydroxylation is 1. The van der Waals surface area contributed by atoms with Crippen molar-refractivity contribution in [2.45, 2.75) is 13.2 Å². The lowest BCUT2D eigenvalue weighted by Crippen LogP contribution is -2.33. The summed E-state index contributed by atoms with van der Waals surface area (Å²) >= 11 is 7.23. The number of amides is 1. The fraction of sp³-hybridized carbons (Fsp3) is 0.136. The molecule has 158 valence electrons. The second-order valence-corrected chi connectivity index (χ2v) is 7.94. The van der Waals surface area contributed by atoms with Gasteiger partial charge >= 0.3 is 0 Å². The number of halogens is 3. The molecule has 4 aromatic rings. The van der Waals surface area contributed by atoms with Gasteiger partial charge in [0.15, 0.2) is 0 Å². The summed E-state index contributed by atoms with van der Waals surface area (Å²) in [5, 5.41) is 0.570. The molecule has 0 saturated heterocycles. The third-order valence-corrected chi connectivity index (χ3v) is 5.89. The number of aromatic nitrogens is 2. The molecule has 0 spiro atoms. The molecule has 0 saturated carbocycles. The van der Waals surface area contributed by atoms with Crippen molar-refractivity contribution in [1.29, 1.82) is 0 Å². The third-order valence-electron chi connectivity index (χ3n) is 4.74. The summed E-state index contributed by atoms with van der Waals surface area (Å²) in [6.07, 6.45) is -1.98. The number of fused-ring (bicyclic) bond motifs is 1. The Kier molecular flexibility index (Phi) is 5.84. The van der Waals surface area contributed by atoms with Crippen molar-refractivity contribution in [3.8, 4) is 5.88 Å². The molecule has 0 aliphatic carbocycles. The highest BCUT2D eigenvalue weighted by molar-refractivity contribution is 7.12. The minimum absolute atomic E-state index is 0.0303. The molecule has 0 N–H and O–H groups in total. The average molecular weight is 460 g/mol. The maximum atomic E-state index is 16.2. The van der Waals surface area contributed by atoms with Gasteiger partial charge in [-0.05, 0) is 31.2 Å². The molecule has 5 nitrogen and oxygen atoms in total. The van der Waals surface area contributed by atoms with E-state index < -0.39 is 18.0 Å². The quantitative estimate of drug-likeness (QED) is 0.337. The molecule has 0 aliphatic rings. The van der Waals surface area contributed by atoms with Crippen molar-refractivity contribution < 1.29 is 18.3 Å². The first-order chi connectivity index (χ1) is 14.9. The lowest BCUT2D eigenvalue weighted by molar-refractivity contribution is 0.0954. The van der Waals surface area contributed by atoms with Crippen LogP contribution in [0.25, 0.3) is 10.9 Å². The van der Waals surface area contributed by atoms with E-state index in [1.807, 2.05) is 0 Å². The van der Waals surface area contributed by atoms with Gasteiger partial charge in [-0.25, -0.2) is 18.7 Å². The number of pyridine rings is 1. The minimum atomic E-state index is -1.98. The van der Waals surface area contributed by atoms with Gasteiger partial charge in [0.1, 0.15) is 16.2 Å². The first-order valence-electron chi connectivity index (χ1n) is 9.17. The molecular weight excluding hydrogens is 444 g/mol. The van der Waals surface area contributed by atoms with E-state index in [-0.39, 0.29) is 28.0 Å². The highest BCUT2D eigenvalue weighted by Crippen LogP contribution is 2.37. The predicted octanol–water partition coefficient (Wildman–Crippen LogP) is 6.12.